The van der Waals surface area contributed by atoms with E-state index in [0.717, 1.165) is 19.3 Å². The summed E-state index contributed by atoms with van der Waals surface area (Å²) < 4.78 is 0. The molecule has 0 radical (unpaired) electrons. The molecule has 0 rings (SSSR count). The van der Waals surface area contributed by atoms with Gasteiger partial charge in [-0.15, -0.1) is 0 Å². The van der Waals surface area contributed by atoms with Crippen LogP contribution in [0.25, 0.3) is 0 Å². The zero-order valence-corrected chi connectivity index (χ0v) is 9.31. The van der Waals surface area contributed by atoms with Crippen LogP contribution in [-0.4, -0.2) is 5.91 Å². The van der Waals surface area contributed by atoms with Gasteiger partial charge in [-0.3, -0.25) is 4.79 Å². The van der Waals surface area contributed by atoms with Crippen LogP contribution in [0.2, 0.25) is 0 Å². The molecule has 0 aliphatic rings. The standard InChI is InChI=1S/C6H13NO.2C2H6/c1-2-3-4-5-6(7)8;2*1-2/h2-5H2,1H3,(H2,7,8);2*1-2H3. The first-order chi connectivity index (χ1) is 5.77. The number of carbonyl (C=O) groups is 1. The van der Waals surface area contributed by atoms with Gasteiger partial charge < -0.3 is 5.73 Å². The second-order valence-electron chi connectivity index (χ2n) is 1.92. The fourth-order valence-electron chi connectivity index (χ4n) is 0.549. The Labute approximate surface area is 77.5 Å². The molecule has 0 saturated carbocycles. The molecule has 76 valence electrons. The van der Waals surface area contributed by atoms with Gasteiger partial charge >= 0.3 is 0 Å². The summed E-state index contributed by atoms with van der Waals surface area (Å²) in [6, 6.07) is 0. The van der Waals surface area contributed by atoms with E-state index >= 15 is 0 Å². The van der Waals surface area contributed by atoms with Gasteiger partial charge in [0, 0.05) is 6.42 Å². The number of hydrogen-bond acceptors (Lipinski definition) is 1. The average Bonchev–Trinajstić information content (AvgIpc) is 2.12. The van der Waals surface area contributed by atoms with Crippen LogP contribution in [-0.2, 0) is 4.79 Å². The molecule has 0 spiro atoms. The van der Waals surface area contributed by atoms with Crippen LogP contribution < -0.4 is 5.73 Å². The predicted octanol–water partition coefficient (Wildman–Crippen LogP) is 3.10. The van der Waals surface area contributed by atoms with Crippen molar-refractivity contribution in [1.82, 2.24) is 0 Å². The van der Waals surface area contributed by atoms with Gasteiger partial charge in [0.1, 0.15) is 0 Å². The molecule has 0 fully saturated rings. The van der Waals surface area contributed by atoms with Crippen molar-refractivity contribution in [2.75, 3.05) is 0 Å². The highest BCUT2D eigenvalue weighted by Crippen LogP contribution is 1.96. The predicted molar refractivity (Wildman–Crippen MR) is 56.0 cm³/mol. The molecule has 0 aromatic rings. The largest absolute Gasteiger partial charge is 0.370 e. The SMILES string of the molecule is CC.CC.CCCCCC(N)=O. The molecule has 2 nitrogen and oxygen atoms in total. The molecule has 1 amide bonds. The molecule has 12 heavy (non-hydrogen) atoms. The first-order valence-electron chi connectivity index (χ1n) is 5.05. The molecule has 2 N–H and O–H groups in total. The van der Waals surface area contributed by atoms with Crippen molar-refractivity contribution < 1.29 is 4.79 Å². The molecule has 2 heteroatoms. The average molecular weight is 175 g/mol. The first kappa shape index (κ1) is 17.5. The Bertz CT molecular complexity index is 72.2. The number of rotatable bonds is 4. The summed E-state index contributed by atoms with van der Waals surface area (Å²) in [6.45, 7) is 10.1. The van der Waals surface area contributed by atoms with E-state index in [4.69, 9.17) is 5.73 Å². The highest BCUT2D eigenvalue weighted by Gasteiger charge is 1.90. The normalized spacial score (nSPS) is 7.08. The van der Waals surface area contributed by atoms with Gasteiger partial charge in [-0.2, -0.15) is 0 Å². The maximum Gasteiger partial charge on any atom is 0.217 e. The Balaban J connectivity index is -0.000000175. The zero-order valence-electron chi connectivity index (χ0n) is 9.31. The molecular formula is C10H25NO. The molecule has 0 unspecified atom stereocenters. The molecular weight excluding hydrogens is 150 g/mol. The Morgan fingerprint density at radius 3 is 1.75 bits per heavy atom. The van der Waals surface area contributed by atoms with Crippen LogP contribution in [0, 0.1) is 0 Å². The van der Waals surface area contributed by atoms with Crippen LogP contribution in [0.1, 0.15) is 60.3 Å². The van der Waals surface area contributed by atoms with Crippen molar-refractivity contribution in [1.29, 1.82) is 0 Å². The number of nitrogens with two attached hydrogens (primary N) is 1. The van der Waals surface area contributed by atoms with Gasteiger partial charge in [0.2, 0.25) is 5.91 Å². The van der Waals surface area contributed by atoms with Crippen molar-refractivity contribution in [3.05, 3.63) is 0 Å². The fourth-order valence-corrected chi connectivity index (χ4v) is 0.549. The summed E-state index contributed by atoms with van der Waals surface area (Å²) in [6.07, 6.45) is 3.76. The molecule has 0 aliphatic carbocycles. The van der Waals surface area contributed by atoms with Crippen LogP contribution >= 0.6 is 0 Å². The van der Waals surface area contributed by atoms with E-state index in [1.807, 2.05) is 27.7 Å². The number of hydrogen-bond donors (Lipinski definition) is 1. The first-order valence-corrected chi connectivity index (χ1v) is 5.05. The minimum absolute atomic E-state index is 0.182. The van der Waals surface area contributed by atoms with Crippen LogP contribution in [0.15, 0.2) is 0 Å². The van der Waals surface area contributed by atoms with Crippen molar-refractivity contribution in [2.24, 2.45) is 5.73 Å². The summed E-state index contributed by atoms with van der Waals surface area (Å²) in [5.74, 6) is -0.182. The smallest absolute Gasteiger partial charge is 0.217 e. The molecule has 0 bridgehead atoms. The van der Waals surface area contributed by atoms with E-state index in [9.17, 15) is 4.79 Å². The lowest BCUT2D eigenvalue weighted by Crippen LogP contribution is -2.09. The van der Waals surface area contributed by atoms with E-state index in [0.29, 0.717) is 6.42 Å². The fraction of sp³-hybridized carbons (Fsp3) is 0.900. The monoisotopic (exact) mass is 175 g/mol. The lowest BCUT2D eigenvalue weighted by atomic mass is 10.2. The van der Waals surface area contributed by atoms with Crippen LogP contribution in [0.5, 0.6) is 0 Å². The summed E-state index contributed by atoms with van der Waals surface area (Å²) >= 11 is 0. The maximum absolute atomic E-state index is 10.1. The molecule has 0 atom stereocenters. The lowest BCUT2D eigenvalue weighted by molar-refractivity contribution is -0.118. The second-order valence-corrected chi connectivity index (χ2v) is 1.92. The van der Waals surface area contributed by atoms with Gasteiger partial charge in [-0.25, -0.2) is 0 Å². The Morgan fingerprint density at radius 1 is 1.08 bits per heavy atom. The number of amides is 1. The lowest BCUT2D eigenvalue weighted by Gasteiger charge is -1.90. The Hall–Kier alpha value is -0.530. The van der Waals surface area contributed by atoms with E-state index < -0.39 is 0 Å². The Kier molecular flexibility index (Phi) is 32.8. The molecule has 0 saturated heterocycles. The third kappa shape index (κ3) is 34.0. The van der Waals surface area contributed by atoms with Crippen LogP contribution in [0.4, 0.5) is 0 Å². The molecule has 0 heterocycles. The zero-order chi connectivity index (χ0) is 10.4. The van der Waals surface area contributed by atoms with E-state index in [1.165, 1.54) is 0 Å². The van der Waals surface area contributed by atoms with Crippen molar-refractivity contribution in [2.45, 2.75) is 60.3 Å². The number of unbranched alkanes of at least 4 members (excludes halogenated alkanes) is 2. The summed E-state index contributed by atoms with van der Waals surface area (Å²) in [5, 5.41) is 0. The van der Waals surface area contributed by atoms with Crippen LogP contribution in [0.3, 0.4) is 0 Å². The van der Waals surface area contributed by atoms with E-state index in [2.05, 4.69) is 6.92 Å². The minimum Gasteiger partial charge on any atom is -0.370 e. The van der Waals surface area contributed by atoms with E-state index in [1.54, 1.807) is 0 Å². The number of carbonyl (C=O) groups excluding carboxylic acids is 1. The van der Waals surface area contributed by atoms with Gasteiger partial charge in [-0.05, 0) is 6.42 Å². The number of primary amides is 1. The van der Waals surface area contributed by atoms with Gasteiger partial charge in [0.15, 0.2) is 0 Å². The van der Waals surface area contributed by atoms with Crippen molar-refractivity contribution >= 4 is 5.91 Å². The van der Waals surface area contributed by atoms with Crippen molar-refractivity contribution in [3.8, 4) is 0 Å². The van der Waals surface area contributed by atoms with Crippen molar-refractivity contribution in [3.63, 3.8) is 0 Å². The summed E-state index contributed by atoms with van der Waals surface area (Å²) in [5.41, 5.74) is 4.89. The minimum atomic E-state index is -0.182. The quantitative estimate of drug-likeness (QED) is 0.655. The summed E-state index contributed by atoms with van der Waals surface area (Å²) in [7, 11) is 0. The highest BCUT2D eigenvalue weighted by molar-refractivity contribution is 5.73. The van der Waals surface area contributed by atoms with E-state index in [-0.39, 0.29) is 5.91 Å². The van der Waals surface area contributed by atoms with Gasteiger partial charge in [0.05, 0.1) is 0 Å². The topological polar surface area (TPSA) is 43.1 Å². The van der Waals surface area contributed by atoms with Gasteiger partial charge in [0.25, 0.3) is 0 Å². The molecule has 0 aromatic heterocycles. The third-order valence-electron chi connectivity index (χ3n) is 1.03. The molecule has 0 aliphatic heterocycles. The Morgan fingerprint density at radius 2 is 1.50 bits per heavy atom. The molecule has 0 aromatic carbocycles. The highest BCUT2D eigenvalue weighted by atomic mass is 16.1. The van der Waals surface area contributed by atoms with Gasteiger partial charge in [-0.1, -0.05) is 47.5 Å². The maximum atomic E-state index is 10.1. The summed E-state index contributed by atoms with van der Waals surface area (Å²) in [4.78, 5) is 10.1. The third-order valence-corrected chi connectivity index (χ3v) is 1.03. The second kappa shape index (κ2) is 22.4.